The van der Waals surface area contributed by atoms with Crippen LogP contribution >= 0.6 is 0 Å². The van der Waals surface area contributed by atoms with Crippen molar-refractivity contribution in [2.75, 3.05) is 6.54 Å². The maximum absolute atomic E-state index is 11.2. The molecule has 0 fully saturated rings. The Morgan fingerprint density at radius 1 is 1.64 bits per heavy atom. The van der Waals surface area contributed by atoms with Crippen molar-refractivity contribution in [1.29, 1.82) is 0 Å². The quantitative estimate of drug-likeness (QED) is 0.609. The summed E-state index contributed by atoms with van der Waals surface area (Å²) in [6.45, 7) is 7.82. The van der Waals surface area contributed by atoms with Crippen molar-refractivity contribution in [3.05, 3.63) is 0 Å². The van der Waals surface area contributed by atoms with E-state index in [1.165, 1.54) is 0 Å². The van der Waals surface area contributed by atoms with Crippen molar-refractivity contribution < 1.29 is 9.53 Å². The Kier molecular flexibility index (Phi) is 5.70. The van der Waals surface area contributed by atoms with Crippen molar-refractivity contribution in [1.82, 2.24) is 5.32 Å². The van der Waals surface area contributed by atoms with Gasteiger partial charge in [-0.15, -0.1) is 0 Å². The van der Waals surface area contributed by atoms with E-state index in [1.807, 2.05) is 27.7 Å². The summed E-state index contributed by atoms with van der Waals surface area (Å²) in [5, 5.41) is 2.66. The van der Waals surface area contributed by atoms with E-state index in [0.29, 0.717) is 6.54 Å². The van der Waals surface area contributed by atoms with Crippen LogP contribution in [-0.2, 0) is 4.74 Å². The summed E-state index contributed by atoms with van der Waals surface area (Å²) in [6.07, 6.45) is -0.416. The number of aliphatic imine (C=N–C) groups is 1. The average molecular weight is 263 g/mol. The van der Waals surface area contributed by atoms with Gasteiger partial charge in [-0.25, -0.2) is 0 Å². The number of rotatable bonds is 3. The molecule has 1 unspecified atom stereocenters. The zero-order chi connectivity index (χ0) is 11.2. The van der Waals surface area contributed by atoms with Gasteiger partial charge >= 0.3 is 92.1 Å². The molecule has 1 atom stereocenters. The first kappa shape index (κ1) is 13.4. The van der Waals surface area contributed by atoms with Gasteiger partial charge in [0.1, 0.15) is 0 Å². The van der Waals surface area contributed by atoms with E-state index in [-0.39, 0.29) is 6.04 Å². The van der Waals surface area contributed by atoms with Gasteiger partial charge in [-0.05, 0) is 0 Å². The van der Waals surface area contributed by atoms with E-state index in [2.05, 4.69) is 30.6 Å². The predicted molar refractivity (Wildman–Crippen MR) is 56.9 cm³/mol. The van der Waals surface area contributed by atoms with Gasteiger partial charge in [0.2, 0.25) is 0 Å². The van der Waals surface area contributed by atoms with Crippen LogP contribution in [0.1, 0.15) is 27.7 Å². The Morgan fingerprint density at radius 2 is 2.21 bits per heavy atom. The van der Waals surface area contributed by atoms with E-state index >= 15 is 0 Å². The number of carbonyl (C=O) groups excluding carboxylic acids is 1. The molecule has 0 aliphatic heterocycles. The van der Waals surface area contributed by atoms with Crippen molar-refractivity contribution >= 4 is 26.4 Å². The number of ether oxygens (including phenoxy) is 1. The molecule has 0 aliphatic carbocycles. The van der Waals surface area contributed by atoms with E-state index in [1.54, 1.807) is 0 Å². The summed E-state index contributed by atoms with van der Waals surface area (Å²) in [5.74, 6) is 0. The summed E-state index contributed by atoms with van der Waals surface area (Å²) < 4.78 is 7.60. The molecule has 80 valence electrons. The number of alkyl carbamates (subject to hydrolysis) is 1. The topological polar surface area (TPSA) is 50.7 Å². The number of amides is 1. The maximum atomic E-state index is 11.2. The first-order valence-electron chi connectivity index (χ1n) is 4.38. The fourth-order valence-corrected chi connectivity index (χ4v) is 0.885. The molecule has 0 bridgehead atoms. The van der Waals surface area contributed by atoms with Gasteiger partial charge in [-0.1, -0.05) is 0 Å². The molecule has 0 aromatic carbocycles. The van der Waals surface area contributed by atoms with Crippen molar-refractivity contribution in [3.8, 4) is 0 Å². The summed E-state index contributed by atoms with van der Waals surface area (Å²) in [4.78, 5) is 15.1. The van der Waals surface area contributed by atoms with Gasteiger partial charge in [0, 0.05) is 0 Å². The van der Waals surface area contributed by atoms with Crippen LogP contribution in [0.5, 0.6) is 0 Å². The average Bonchev–Trinajstić information content (AvgIpc) is 1.96. The Morgan fingerprint density at radius 3 is 2.64 bits per heavy atom. The van der Waals surface area contributed by atoms with Gasteiger partial charge in [0.25, 0.3) is 0 Å². The van der Waals surface area contributed by atoms with Gasteiger partial charge in [-0.2, -0.15) is 0 Å². The van der Waals surface area contributed by atoms with Crippen LogP contribution in [0.3, 0.4) is 0 Å². The number of nitrogens with one attached hydrogen (secondary N) is 1. The zero-order valence-corrected chi connectivity index (χ0v) is 10.7. The third kappa shape index (κ3) is 7.99. The molecule has 5 heteroatoms. The fourth-order valence-electron chi connectivity index (χ4n) is 0.729. The van der Waals surface area contributed by atoms with E-state index in [9.17, 15) is 4.79 Å². The van der Waals surface area contributed by atoms with Crippen LogP contribution in [0.15, 0.2) is 4.99 Å². The molecule has 0 aliphatic rings. The molecule has 1 N–H and O–H groups in total. The molecule has 0 radical (unpaired) electrons. The first-order chi connectivity index (χ1) is 6.35. The molecule has 4 nitrogen and oxygen atoms in total. The zero-order valence-electron chi connectivity index (χ0n) is 8.96. The van der Waals surface area contributed by atoms with Crippen LogP contribution < -0.4 is 5.32 Å². The second-order valence-electron chi connectivity index (χ2n) is 3.98. The standard InChI is InChI=1S/C9H16N2O2Se/c1-7(5-10-6-14)11-8(12)13-9(2,3)4/h7H,5H2,1-4H3,(H,11,12). The molecular formula is C9H16N2O2Se. The number of nitrogens with zero attached hydrogens (tertiary/aromatic N) is 1. The van der Waals surface area contributed by atoms with E-state index < -0.39 is 11.7 Å². The normalized spacial score (nSPS) is 12.6. The Hall–Kier alpha value is -0.631. The molecular weight excluding hydrogens is 247 g/mol. The number of hydrogen-bond donors (Lipinski definition) is 1. The Balaban J connectivity index is 3.88. The van der Waals surface area contributed by atoms with Crippen molar-refractivity contribution in [2.24, 2.45) is 4.99 Å². The molecule has 0 saturated heterocycles. The van der Waals surface area contributed by atoms with Crippen molar-refractivity contribution in [2.45, 2.75) is 39.3 Å². The molecule has 0 spiro atoms. The molecule has 0 aromatic heterocycles. The monoisotopic (exact) mass is 264 g/mol. The van der Waals surface area contributed by atoms with Crippen LogP contribution in [0.4, 0.5) is 4.79 Å². The Bertz CT molecular complexity index is 242. The number of carbonyl (C=O) groups is 1. The molecule has 0 saturated carbocycles. The minimum absolute atomic E-state index is 0.0503. The number of hydrogen-bond acceptors (Lipinski definition) is 3. The molecule has 0 heterocycles. The molecule has 0 rings (SSSR count). The third-order valence-electron chi connectivity index (χ3n) is 1.19. The van der Waals surface area contributed by atoms with Crippen LogP contribution in [0.25, 0.3) is 0 Å². The second-order valence-corrected chi connectivity index (χ2v) is 4.36. The SMILES string of the molecule is CC(CN=C=[Se])NC(=O)OC(C)(C)C. The van der Waals surface area contributed by atoms with Crippen LogP contribution in [0, 0.1) is 0 Å². The molecule has 1 amide bonds. The van der Waals surface area contributed by atoms with Gasteiger partial charge in [0.05, 0.1) is 0 Å². The summed E-state index contributed by atoms with van der Waals surface area (Å²) in [7, 11) is 0. The third-order valence-corrected chi connectivity index (χ3v) is 1.46. The van der Waals surface area contributed by atoms with Crippen LogP contribution in [0.2, 0.25) is 0 Å². The summed E-state index contributed by atoms with van der Waals surface area (Å²) in [6, 6.07) is -0.0503. The summed E-state index contributed by atoms with van der Waals surface area (Å²) in [5.41, 5.74) is -0.461. The van der Waals surface area contributed by atoms with Gasteiger partial charge < -0.3 is 0 Å². The summed E-state index contributed by atoms with van der Waals surface area (Å²) >= 11 is 2.53. The Labute approximate surface area is 92.5 Å². The van der Waals surface area contributed by atoms with Gasteiger partial charge in [0.15, 0.2) is 0 Å². The van der Waals surface area contributed by atoms with E-state index in [0.717, 1.165) is 0 Å². The van der Waals surface area contributed by atoms with Gasteiger partial charge in [-0.3, -0.25) is 0 Å². The fraction of sp³-hybridized carbons (Fsp3) is 0.778. The first-order valence-corrected chi connectivity index (χ1v) is 5.24. The molecule has 0 aromatic rings. The molecule has 14 heavy (non-hydrogen) atoms. The predicted octanol–water partition coefficient (Wildman–Crippen LogP) is 0.973. The van der Waals surface area contributed by atoms with Crippen LogP contribution in [-0.4, -0.2) is 44.6 Å². The van der Waals surface area contributed by atoms with E-state index in [4.69, 9.17) is 4.74 Å². The minimum atomic E-state index is -0.461. The second kappa shape index (κ2) is 5.97. The van der Waals surface area contributed by atoms with Crippen molar-refractivity contribution in [3.63, 3.8) is 0 Å².